The predicted octanol–water partition coefficient (Wildman–Crippen LogP) is -0.599. The molecule has 1 aliphatic heterocycles. The Morgan fingerprint density at radius 2 is 2.00 bits per heavy atom. The quantitative estimate of drug-likeness (QED) is 0.266. The van der Waals surface area contributed by atoms with Crippen LogP contribution in [0.4, 0.5) is 5.82 Å². The number of likely N-dealkylation sites (N-methyl/N-ethyl adjacent to an activating group) is 1. The molecule has 3 atom stereocenters. The van der Waals surface area contributed by atoms with Gasteiger partial charge in [-0.2, -0.15) is 5.26 Å². The number of nitriles is 1. The summed E-state index contributed by atoms with van der Waals surface area (Å²) in [5, 5.41) is 51.4. The first-order chi connectivity index (χ1) is 13.5. The van der Waals surface area contributed by atoms with Gasteiger partial charge >= 0.3 is 5.79 Å². The summed E-state index contributed by atoms with van der Waals surface area (Å²) in [4.78, 5) is 20.1. The molecule has 1 aromatic heterocycles. The Hall–Kier alpha value is -2.52. The van der Waals surface area contributed by atoms with Crippen molar-refractivity contribution in [2.24, 2.45) is 5.92 Å². The highest BCUT2D eigenvalue weighted by Gasteiger charge is 2.43. The molecule has 0 radical (unpaired) electrons. The fraction of sp³-hybridized carbons (Fsp3) is 0.667. The van der Waals surface area contributed by atoms with E-state index in [4.69, 9.17) is 5.26 Å². The Bertz CT molecular complexity index is 786. The summed E-state index contributed by atoms with van der Waals surface area (Å²) in [6, 6.07) is 0.998. The Morgan fingerprint density at radius 1 is 1.38 bits per heavy atom. The fourth-order valence-electron chi connectivity index (χ4n) is 3.98. The lowest BCUT2D eigenvalue weighted by molar-refractivity contribution is -0.180. The van der Waals surface area contributed by atoms with Crippen LogP contribution in [0.3, 0.4) is 0 Å². The summed E-state index contributed by atoms with van der Waals surface area (Å²) in [5.74, 6) is -4.13. The number of likely N-dealkylation sites (tertiary alicyclic amines) is 1. The summed E-state index contributed by atoms with van der Waals surface area (Å²) >= 11 is 0. The first kappa shape index (κ1) is 22.8. The van der Waals surface area contributed by atoms with Crippen molar-refractivity contribution in [2.45, 2.75) is 31.3 Å². The van der Waals surface area contributed by atoms with Crippen LogP contribution in [0.1, 0.15) is 25.1 Å². The third-order valence-electron chi connectivity index (χ3n) is 5.56. The van der Waals surface area contributed by atoms with Crippen molar-refractivity contribution in [2.75, 3.05) is 46.6 Å². The van der Waals surface area contributed by atoms with Gasteiger partial charge in [-0.1, -0.05) is 6.92 Å². The topological polar surface area (TPSA) is 159 Å². The largest absolute Gasteiger partial charge is 0.503 e. The molecule has 0 bridgehead atoms. The zero-order valence-electron chi connectivity index (χ0n) is 17.3. The summed E-state index contributed by atoms with van der Waals surface area (Å²) in [5.41, 5.74) is 0.448. The molecular weight excluding hydrogens is 380 g/mol. The van der Waals surface area contributed by atoms with Gasteiger partial charge in [-0.3, -0.25) is 14.6 Å². The van der Waals surface area contributed by atoms with Crippen LogP contribution in [-0.2, 0) is 4.79 Å². The maximum Gasteiger partial charge on any atom is 0.336 e. The number of anilines is 1. The van der Waals surface area contributed by atoms with Crippen LogP contribution in [0.5, 0.6) is 11.6 Å². The number of H-pyrrole nitrogens is 1. The normalized spacial score (nSPS) is 21.3. The number of hydrogen-bond donors (Lipinski definition) is 6. The van der Waals surface area contributed by atoms with E-state index < -0.39 is 17.9 Å². The van der Waals surface area contributed by atoms with Gasteiger partial charge in [0.25, 0.3) is 5.91 Å². The molecule has 3 unspecified atom stereocenters. The van der Waals surface area contributed by atoms with Gasteiger partial charge in [0.15, 0.2) is 5.75 Å². The molecule has 6 N–H and O–H groups in total. The molecule has 2 rings (SSSR count). The molecule has 162 valence electrons. The lowest BCUT2D eigenvalue weighted by Gasteiger charge is -2.46. The molecule has 0 spiro atoms. The lowest BCUT2D eigenvalue weighted by Crippen LogP contribution is -2.58. The second-order valence-corrected chi connectivity index (χ2v) is 7.73. The third kappa shape index (κ3) is 4.25. The molecule has 1 saturated heterocycles. The second-order valence-electron chi connectivity index (χ2n) is 7.73. The van der Waals surface area contributed by atoms with Crippen LogP contribution in [-0.4, -0.2) is 99.1 Å². The number of carbonyl (C=O) groups is 1. The maximum atomic E-state index is 12.3. The number of hydrogen-bond acceptors (Lipinski definition) is 9. The number of aromatic amines is 1. The number of piperidine rings is 1. The van der Waals surface area contributed by atoms with Crippen molar-refractivity contribution < 1.29 is 25.2 Å². The smallest absolute Gasteiger partial charge is 0.336 e. The first-order valence-corrected chi connectivity index (χ1v) is 9.31. The van der Waals surface area contributed by atoms with Gasteiger partial charge in [-0.05, 0) is 33.5 Å². The minimum absolute atomic E-state index is 0.146. The van der Waals surface area contributed by atoms with Gasteiger partial charge in [-0.15, -0.1) is 0 Å². The Morgan fingerprint density at radius 3 is 2.52 bits per heavy atom. The van der Waals surface area contributed by atoms with Gasteiger partial charge in [0.1, 0.15) is 11.9 Å². The fourth-order valence-corrected chi connectivity index (χ4v) is 3.98. The highest BCUT2D eigenvalue weighted by molar-refractivity contribution is 5.86. The summed E-state index contributed by atoms with van der Waals surface area (Å²) in [6.45, 7) is 2.51. The van der Waals surface area contributed by atoms with Gasteiger partial charge in [0.2, 0.25) is 5.88 Å². The molecule has 2 heterocycles. The summed E-state index contributed by atoms with van der Waals surface area (Å²) < 4.78 is 0. The van der Waals surface area contributed by atoms with Crippen LogP contribution in [0.25, 0.3) is 0 Å². The van der Waals surface area contributed by atoms with Gasteiger partial charge in [-0.25, -0.2) is 0 Å². The average Bonchev–Trinajstić information content (AvgIpc) is 2.95. The van der Waals surface area contributed by atoms with E-state index in [1.807, 2.05) is 37.9 Å². The van der Waals surface area contributed by atoms with E-state index in [2.05, 4.69) is 10.3 Å². The SMILES string of the molecule is CNc1[nH]c(O)c(O)c1C(N(C)C)N(C)C1CN(C(=O)C(O)(O)C#N)CCC1C. The molecule has 0 aliphatic carbocycles. The molecule has 1 aliphatic rings. The van der Waals surface area contributed by atoms with Crippen LogP contribution < -0.4 is 5.32 Å². The number of carbonyl (C=O) groups excluding carboxylic acids is 1. The van der Waals surface area contributed by atoms with Crippen LogP contribution in [0, 0.1) is 17.2 Å². The molecule has 1 amide bonds. The monoisotopic (exact) mass is 410 g/mol. The molecular formula is C18H30N6O5. The number of nitrogens with zero attached hydrogens (tertiary/aromatic N) is 4. The van der Waals surface area contributed by atoms with Crippen molar-refractivity contribution >= 4 is 11.7 Å². The number of aliphatic hydroxyl groups is 2. The minimum atomic E-state index is -3.06. The van der Waals surface area contributed by atoms with Gasteiger partial charge in [0.05, 0.1) is 11.7 Å². The first-order valence-electron chi connectivity index (χ1n) is 9.31. The molecule has 29 heavy (non-hydrogen) atoms. The molecule has 1 aromatic rings. The number of amides is 1. The van der Waals surface area contributed by atoms with Crippen molar-refractivity contribution in [1.82, 2.24) is 19.7 Å². The van der Waals surface area contributed by atoms with Crippen molar-refractivity contribution in [1.29, 1.82) is 5.26 Å². The van der Waals surface area contributed by atoms with Crippen LogP contribution >= 0.6 is 0 Å². The van der Waals surface area contributed by atoms with E-state index in [1.54, 1.807) is 7.05 Å². The number of aromatic hydroxyl groups is 2. The highest BCUT2D eigenvalue weighted by Crippen LogP contribution is 2.43. The van der Waals surface area contributed by atoms with E-state index in [0.717, 1.165) is 0 Å². The molecule has 0 aromatic carbocycles. The van der Waals surface area contributed by atoms with Crippen LogP contribution in [0.15, 0.2) is 0 Å². The van der Waals surface area contributed by atoms with Crippen molar-refractivity contribution in [3.8, 4) is 17.7 Å². The predicted molar refractivity (Wildman–Crippen MR) is 105 cm³/mol. The average molecular weight is 410 g/mol. The number of rotatable bonds is 6. The van der Waals surface area contributed by atoms with Crippen molar-refractivity contribution in [3.05, 3.63) is 5.56 Å². The van der Waals surface area contributed by atoms with Crippen LogP contribution in [0.2, 0.25) is 0 Å². The standard InChI is InChI=1S/C18H30N6O5/c1-10-6-7-24(17(27)18(28,29)9-19)8-11(10)23(5)16(22(3)4)12-13(25)15(26)21-14(12)20-2/h10-11,16,20-21,25-26,28-29H,6-8H2,1-5H3. The molecule has 11 heteroatoms. The zero-order chi connectivity index (χ0) is 22.1. The maximum absolute atomic E-state index is 12.3. The van der Waals surface area contributed by atoms with Crippen molar-refractivity contribution in [3.63, 3.8) is 0 Å². The Balaban J connectivity index is 2.37. The number of aromatic nitrogens is 1. The van der Waals surface area contributed by atoms with Gasteiger partial charge < -0.3 is 35.6 Å². The highest BCUT2D eigenvalue weighted by atomic mass is 16.5. The Labute approximate surface area is 169 Å². The van der Waals surface area contributed by atoms with E-state index in [-0.39, 0.29) is 30.1 Å². The molecule has 0 saturated carbocycles. The van der Waals surface area contributed by atoms with E-state index in [9.17, 15) is 25.2 Å². The van der Waals surface area contributed by atoms with E-state index in [0.29, 0.717) is 24.3 Å². The Kier molecular flexibility index (Phi) is 6.64. The second kappa shape index (κ2) is 8.46. The molecule has 1 fully saturated rings. The van der Waals surface area contributed by atoms with E-state index in [1.165, 1.54) is 11.0 Å². The minimum Gasteiger partial charge on any atom is -0.503 e. The zero-order valence-corrected chi connectivity index (χ0v) is 17.3. The number of nitrogens with one attached hydrogen (secondary N) is 2. The summed E-state index contributed by atoms with van der Waals surface area (Å²) in [7, 11) is 7.14. The van der Waals surface area contributed by atoms with E-state index >= 15 is 0 Å². The lowest BCUT2D eigenvalue weighted by atomic mass is 9.91. The van der Waals surface area contributed by atoms with Gasteiger partial charge in [0, 0.05) is 26.2 Å². The summed E-state index contributed by atoms with van der Waals surface area (Å²) in [6.07, 6.45) is 0.132. The third-order valence-corrected chi connectivity index (χ3v) is 5.56. The molecule has 11 nitrogen and oxygen atoms in total.